The highest BCUT2D eigenvalue weighted by molar-refractivity contribution is 5.78. The Morgan fingerprint density at radius 3 is 2.61 bits per heavy atom. The van der Waals surface area contributed by atoms with Gasteiger partial charge < -0.3 is 10.4 Å². The number of hydrogen-bond donors (Lipinski definition) is 2. The molecule has 0 aliphatic rings. The van der Waals surface area contributed by atoms with E-state index in [1.54, 1.807) is 12.4 Å². The summed E-state index contributed by atoms with van der Waals surface area (Å²) < 4.78 is 0. The smallest absolute Gasteiger partial charge is 0.0907 e. The largest absolute Gasteiger partial charge is 0.396 e. The van der Waals surface area contributed by atoms with Gasteiger partial charge in [-0.3, -0.25) is 9.97 Å². The van der Waals surface area contributed by atoms with E-state index in [2.05, 4.69) is 29.1 Å². The summed E-state index contributed by atoms with van der Waals surface area (Å²) in [7, 11) is 0. The van der Waals surface area contributed by atoms with Crippen molar-refractivity contribution >= 4 is 16.7 Å². The lowest BCUT2D eigenvalue weighted by Gasteiger charge is -2.26. The van der Waals surface area contributed by atoms with Gasteiger partial charge in [-0.05, 0) is 24.6 Å². The first-order valence-corrected chi connectivity index (χ1v) is 6.22. The number of fused-ring (bicyclic) bond motifs is 1. The number of aliphatic hydroxyl groups excluding tert-OH is 1. The second kappa shape index (κ2) is 5.31. The Morgan fingerprint density at radius 2 is 1.94 bits per heavy atom. The molecule has 0 radical (unpaired) electrons. The van der Waals surface area contributed by atoms with Crippen molar-refractivity contribution in [3.05, 3.63) is 30.6 Å². The number of anilines is 1. The first-order valence-electron chi connectivity index (χ1n) is 6.22. The number of nitrogens with zero attached hydrogens (tertiary/aromatic N) is 2. The highest BCUT2D eigenvalue weighted by Crippen LogP contribution is 2.22. The fourth-order valence-corrected chi connectivity index (χ4v) is 1.68. The Kier molecular flexibility index (Phi) is 3.77. The third-order valence-corrected chi connectivity index (χ3v) is 3.42. The second-order valence-corrected chi connectivity index (χ2v) is 4.94. The molecule has 1 heterocycles. The Labute approximate surface area is 107 Å². The molecule has 1 atom stereocenters. The molecule has 0 fully saturated rings. The van der Waals surface area contributed by atoms with Gasteiger partial charge in [-0.2, -0.15) is 0 Å². The van der Waals surface area contributed by atoms with Crippen molar-refractivity contribution in [2.24, 2.45) is 5.41 Å². The van der Waals surface area contributed by atoms with Gasteiger partial charge in [0.1, 0.15) is 0 Å². The summed E-state index contributed by atoms with van der Waals surface area (Å²) >= 11 is 0. The van der Waals surface area contributed by atoms with Crippen LogP contribution in [0.5, 0.6) is 0 Å². The van der Waals surface area contributed by atoms with Gasteiger partial charge in [-0.1, -0.05) is 13.8 Å². The maximum atomic E-state index is 9.37. The van der Waals surface area contributed by atoms with Gasteiger partial charge in [0.2, 0.25) is 0 Å². The fraction of sp³-hybridized carbons (Fsp3) is 0.429. The molecule has 2 aromatic rings. The maximum Gasteiger partial charge on any atom is 0.0907 e. The predicted molar refractivity (Wildman–Crippen MR) is 73.5 cm³/mol. The monoisotopic (exact) mass is 245 g/mol. The highest BCUT2D eigenvalue weighted by Gasteiger charge is 2.20. The molecule has 18 heavy (non-hydrogen) atoms. The molecule has 0 bridgehead atoms. The predicted octanol–water partition coefficient (Wildman–Crippen LogP) is 2.45. The molecule has 96 valence electrons. The van der Waals surface area contributed by atoms with Crippen molar-refractivity contribution < 1.29 is 5.11 Å². The van der Waals surface area contributed by atoms with Crippen LogP contribution in [0, 0.1) is 5.41 Å². The molecule has 2 rings (SSSR count). The van der Waals surface area contributed by atoms with Crippen LogP contribution in [0.1, 0.15) is 20.3 Å². The van der Waals surface area contributed by atoms with Crippen molar-refractivity contribution in [3.8, 4) is 0 Å². The summed E-state index contributed by atoms with van der Waals surface area (Å²) in [5, 5.41) is 12.7. The van der Waals surface area contributed by atoms with Crippen LogP contribution in [0.25, 0.3) is 11.0 Å². The standard InChI is InChI=1S/C14H19N3O/c1-3-14(2,10-18)9-17-11-4-5-12-13(8-11)16-7-6-15-12/h4-8,17-18H,3,9-10H2,1-2H3. The van der Waals surface area contributed by atoms with Crippen molar-refractivity contribution in [1.29, 1.82) is 0 Å². The summed E-state index contributed by atoms with van der Waals surface area (Å²) in [5.41, 5.74) is 2.70. The third-order valence-electron chi connectivity index (χ3n) is 3.42. The number of aliphatic hydroxyl groups is 1. The van der Waals surface area contributed by atoms with Crippen LogP contribution in [-0.4, -0.2) is 28.2 Å². The number of aromatic nitrogens is 2. The van der Waals surface area contributed by atoms with Crippen LogP contribution in [0.4, 0.5) is 5.69 Å². The summed E-state index contributed by atoms with van der Waals surface area (Å²) in [6.07, 6.45) is 4.31. The zero-order chi connectivity index (χ0) is 13.0. The van der Waals surface area contributed by atoms with E-state index in [1.165, 1.54) is 0 Å². The summed E-state index contributed by atoms with van der Waals surface area (Å²) in [6.45, 7) is 5.08. The minimum atomic E-state index is -0.0860. The third kappa shape index (κ3) is 2.76. The zero-order valence-electron chi connectivity index (χ0n) is 10.8. The normalized spacial score (nSPS) is 14.4. The molecule has 1 aromatic heterocycles. The van der Waals surface area contributed by atoms with Gasteiger partial charge in [-0.15, -0.1) is 0 Å². The van der Waals surface area contributed by atoms with Crippen molar-refractivity contribution in [2.45, 2.75) is 20.3 Å². The van der Waals surface area contributed by atoms with E-state index in [9.17, 15) is 5.11 Å². The summed E-state index contributed by atoms with van der Waals surface area (Å²) in [6, 6.07) is 5.92. The number of benzene rings is 1. The lowest BCUT2D eigenvalue weighted by atomic mass is 9.88. The molecule has 0 spiro atoms. The van der Waals surface area contributed by atoms with E-state index < -0.39 is 0 Å². The number of rotatable bonds is 5. The first kappa shape index (κ1) is 12.8. The van der Waals surface area contributed by atoms with Crippen LogP contribution < -0.4 is 5.32 Å². The quantitative estimate of drug-likeness (QED) is 0.849. The van der Waals surface area contributed by atoms with Crippen molar-refractivity contribution in [1.82, 2.24) is 9.97 Å². The molecule has 1 aromatic carbocycles. The average molecular weight is 245 g/mol. The molecule has 0 saturated heterocycles. The number of hydrogen-bond acceptors (Lipinski definition) is 4. The summed E-state index contributed by atoms with van der Waals surface area (Å²) in [5.74, 6) is 0. The number of nitrogens with one attached hydrogen (secondary N) is 1. The minimum Gasteiger partial charge on any atom is -0.396 e. The SMILES string of the molecule is CCC(C)(CO)CNc1ccc2nccnc2c1. The lowest BCUT2D eigenvalue weighted by molar-refractivity contribution is 0.149. The molecule has 0 aliphatic carbocycles. The van der Waals surface area contributed by atoms with Gasteiger partial charge in [0, 0.05) is 30.0 Å². The molecule has 0 amide bonds. The van der Waals surface area contributed by atoms with Crippen LogP contribution in [0.2, 0.25) is 0 Å². The van der Waals surface area contributed by atoms with Crippen LogP contribution in [0.3, 0.4) is 0 Å². The van der Waals surface area contributed by atoms with Crippen molar-refractivity contribution in [2.75, 3.05) is 18.5 Å². The highest BCUT2D eigenvalue weighted by atomic mass is 16.3. The van der Waals surface area contributed by atoms with Crippen molar-refractivity contribution in [3.63, 3.8) is 0 Å². The first-order chi connectivity index (χ1) is 8.67. The molecule has 0 aliphatic heterocycles. The molecule has 4 heteroatoms. The minimum absolute atomic E-state index is 0.0860. The molecular formula is C14H19N3O. The Morgan fingerprint density at radius 1 is 1.22 bits per heavy atom. The van der Waals surface area contributed by atoms with Crippen LogP contribution in [0.15, 0.2) is 30.6 Å². The van der Waals surface area contributed by atoms with E-state index in [0.717, 1.165) is 29.7 Å². The molecule has 1 unspecified atom stereocenters. The molecule has 0 saturated carbocycles. The Bertz CT molecular complexity index is 523. The van der Waals surface area contributed by atoms with E-state index in [-0.39, 0.29) is 12.0 Å². The topological polar surface area (TPSA) is 58.0 Å². The van der Waals surface area contributed by atoms with Crippen LogP contribution >= 0.6 is 0 Å². The molecule has 2 N–H and O–H groups in total. The molecular weight excluding hydrogens is 226 g/mol. The van der Waals surface area contributed by atoms with E-state index in [1.807, 2.05) is 18.2 Å². The van der Waals surface area contributed by atoms with Gasteiger partial charge in [0.15, 0.2) is 0 Å². The second-order valence-electron chi connectivity index (χ2n) is 4.94. The van der Waals surface area contributed by atoms with Crippen LogP contribution in [-0.2, 0) is 0 Å². The van der Waals surface area contributed by atoms with E-state index in [0.29, 0.717) is 0 Å². The fourth-order valence-electron chi connectivity index (χ4n) is 1.68. The summed E-state index contributed by atoms with van der Waals surface area (Å²) in [4.78, 5) is 8.51. The Balaban J connectivity index is 2.12. The van der Waals surface area contributed by atoms with E-state index >= 15 is 0 Å². The zero-order valence-corrected chi connectivity index (χ0v) is 10.8. The molecule has 4 nitrogen and oxygen atoms in total. The average Bonchev–Trinajstić information content (AvgIpc) is 2.44. The lowest BCUT2D eigenvalue weighted by Crippen LogP contribution is -2.29. The van der Waals surface area contributed by atoms with Gasteiger partial charge >= 0.3 is 0 Å². The Hall–Kier alpha value is -1.68. The van der Waals surface area contributed by atoms with E-state index in [4.69, 9.17) is 0 Å². The van der Waals surface area contributed by atoms with Gasteiger partial charge in [-0.25, -0.2) is 0 Å². The van der Waals surface area contributed by atoms with Gasteiger partial charge in [0.05, 0.1) is 17.6 Å². The maximum absolute atomic E-state index is 9.37. The van der Waals surface area contributed by atoms with Gasteiger partial charge in [0.25, 0.3) is 0 Å².